The summed E-state index contributed by atoms with van der Waals surface area (Å²) >= 11 is 0. The molecule has 0 aromatic carbocycles. The molecule has 55 atom stereocenters. The van der Waals surface area contributed by atoms with Crippen LogP contribution in [0.1, 0.15) is 34.6 Å². The molecular formula is C76H127N5O56. The fourth-order valence-corrected chi connectivity index (χ4v) is 17.7. The highest BCUT2D eigenvalue weighted by molar-refractivity contribution is 5.75. The number of rotatable bonds is 36. The molecule has 11 fully saturated rings. The summed E-state index contributed by atoms with van der Waals surface area (Å²) in [5.74, 6) is -4.81. The fourth-order valence-electron chi connectivity index (χ4n) is 17.7. The second kappa shape index (κ2) is 49.5. The van der Waals surface area contributed by atoms with Crippen LogP contribution in [-0.4, -0.2) is 593 Å². The van der Waals surface area contributed by atoms with Gasteiger partial charge in [0.05, 0.1) is 72.7 Å². The minimum absolute atomic E-state index is 0.828. The third-order valence-corrected chi connectivity index (χ3v) is 25.0. The van der Waals surface area contributed by atoms with Crippen LogP contribution < -0.4 is 26.6 Å². The van der Waals surface area contributed by atoms with Gasteiger partial charge in [-0.2, -0.15) is 0 Å². The molecule has 35 N–H and O–H groups in total. The number of nitrogens with one attached hydrogen (secondary N) is 5. The van der Waals surface area contributed by atoms with Gasteiger partial charge in [0.25, 0.3) is 0 Å². The van der Waals surface area contributed by atoms with Crippen molar-refractivity contribution in [2.24, 2.45) is 0 Å². The van der Waals surface area contributed by atoms with Gasteiger partial charge in [-0.3, -0.25) is 24.0 Å². The second-order valence-corrected chi connectivity index (χ2v) is 34.6. The molecule has 137 heavy (non-hydrogen) atoms. The van der Waals surface area contributed by atoms with Crippen molar-refractivity contribution in [1.29, 1.82) is 0 Å². The lowest BCUT2D eigenvalue weighted by atomic mass is 9.93. The van der Waals surface area contributed by atoms with Gasteiger partial charge >= 0.3 is 0 Å². The van der Waals surface area contributed by atoms with Gasteiger partial charge in [0.2, 0.25) is 29.5 Å². The van der Waals surface area contributed by atoms with Crippen LogP contribution in [0.5, 0.6) is 0 Å². The Morgan fingerprint density at radius 3 is 0.781 bits per heavy atom. The molecule has 0 bridgehead atoms. The molecule has 0 unspecified atom stereocenters. The predicted molar refractivity (Wildman–Crippen MR) is 420 cm³/mol. The molecular weight excluding hydrogens is 1880 g/mol. The summed E-state index contributed by atoms with van der Waals surface area (Å²) < 4.78 is 126. The molecule has 11 saturated heterocycles. The normalized spacial score (nSPS) is 48.9. The largest absolute Gasteiger partial charge is 0.394 e. The summed E-state index contributed by atoms with van der Waals surface area (Å²) in [6, 6.07) is -9.69. The third-order valence-electron chi connectivity index (χ3n) is 25.0. The Balaban J connectivity index is 0.973. The van der Waals surface area contributed by atoms with Crippen LogP contribution >= 0.6 is 0 Å². The molecule has 61 nitrogen and oxygen atoms in total. The monoisotopic (exact) mass is 2010 g/mol. The minimum Gasteiger partial charge on any atom is -0.394 e. The van der Waals surface area contributed by atoms with E-state index in [4.69, 9.17) is 99.5 Å². The molecule has 0 spiro atoms. The van der Waals surface area contributed by atoms with Gasteiger partial charge in [-0.05, 0) is 0 Å². The molecule has 61 heteroatoms. The quantitative estimate of drug-likeness (QED) is 0.0277. The van der Waals surface area contributed by atoms with Gasteiger partial charge in [0, 0.05) is 34.6 Å². The highest BCUT2D eigenvalue weighted by atomic mass is 16.8. The first-order valence-corrected chi connectivity index (χ1v) is 43.6. The maximum atomic E-state index is 13.2. The number of carbonyl (C=O) groups excluding carboxylic acids is 5. The summed E-state index contributed by atoms with van der Waals surface area (Å²) in [4.78, 5) is 65.0. The van der Waals surface area contributed by atoms with Crippen molar-refractivity contribution in [3.8, 4) is 0 Å². The van der Waals surface area contributed by atoms with Gasteiger partial charge in [0.1, 0.15) is 268 Å². The molecule has 11 heterocycles. The zero-order valence-corrected chi connectivity index (χ0v) is 73.6. The lowest BCUT2D eigenvalue weighted by Gasteiger charge is -2.51. The molecule has 0 aromatic heterocycles. The maximum absolute atomic E-state index is 13.2. The molecule has 0 saturated carbocycles. The number of carbonyl (C=O) groups is 5. The van der Waals surface area contributed by atoms with Gasteiger partial charge in [0.15, 0.2) is 69.2 Å². The van der Waals surface area contributed by atoms with E-state index in [0.29, 0.717) is 0 Å². The second-order valence-electron chi connectivity index (χ2n) is 34.6. The topological polar surface area (TPSA) is 946 Å². The van der Waals surface area contributed by atoms with Gasteiger partial charge < -0.3 is 279 Å². The maximum Gasteiger partial charge on any atom is 0.217 e. The highest BCUT2D eigenvalue weighted by Crippen LogP contribution is 2.42. The van der Waals surface area contributed by atoms with Crippen LogP contribution in [0, 0.1) is 0 Å². The van der Waals surface area contributed by atoms with Crippen molar-refractivity contribution in [3.63, 3.8) is 0 Å². The molecule has 11 aliphatic rings. The third kappa shape index (κ3) is 25.2. The average molecular weight is 2010 g/mol. The number of ether oxygens (including phenoxy) is 21. The molecule has 0 radical (unpaired) electrons. The van der Waals surface area contributed by atoms with Crippen LogP contribution in [0.2, 0.25) is 0 Å². The van der Waals surface area contributed by atoms with Gasteiger partial charge in [-0.1, -0.05) is 0 Å². The van der Waals surface area contributed by atoms with E-state index in [-0.39, 0.29) is 0 Å². The lowest BCUT2D eigenvalue weighted by Crippen LogP contribution is -2.71. The summed E-state index contributed by atoms with van der Waals surface area (Å²) in [5, 5.41) is 349. The first-order chi connectivity index (χ1) is 64.8. The summed E-state index contributed by atoms with van der Waals surface area (Å²) in [7, 11) is 0. The molecule has 11 rings (SSSR count). The summed E-state index contributed by atoms with van der Waals surface area (Å²) in [6.07, 6.45) is -108. The zero-order valence-electron chi connectivity index (χ0n) is 73.6. The summed E-state index contributed by atoms with van der Waals surface area (Å²) in [6.45, 7) is -8.06. The standard InChI is InChI=1S/C76H127N5O56/c1-17(91)77-33-45(103)58(27(11-87)119-66(33)116)130-68-34(78-18(2)92)46(104)61(30(14-90)125-68)133-74-57(115)63(135-76-65(52(110)41(99)25(9-85)124-76)137-70-36(80-20(4)94)48(106)60(29(13-89)127-70)132-72-55(113)50(108)39(97)23(7-83)122-72)44(102)32(128-74)16-118-75-64(136-69-35(79-19(3)93)47(105)59(28(12-88)126-69)131-71-54(112)49(107)38(96)22(6-82)121-71)53(111)42(100)31(129-75)15-117-67-37(81-21(5)95)62(43(101)26(10-86)120-67)134-73-56(114)51(109)40(98)24(8-84)123-73/h22-76,82-90,96-116H,6-16H2,1-5H3,(H,77,91)(H,78,92)(H,79,93)(H,80,94)(H,81,95)/t22-,23-,24-,25-,26-,27-,28-,29-,30-,31-,32-,33-,34-,35-,36-,37-,38+,39+,40+,41-,42-,43-,44-,45-,46-,47-,48-,49+,50+,51+,52+,53+,54-,55-,56-,57+,58-,59-,60-,61-,62-,63+,64+,65+,66-,67-,68+,69+,70+,71+,72+,73+,74+,75+,76-/m1/s1. The minimum atomic E-state index is -2.70. The number of aliphatic hydroxyl groups excluding tert-OH is 30. The van der Waals surface area contributed by atoms with E-state index in [1.54, 1.807) is 0 Å². The van der Waals surface area contributed by atoms with Crippen molar-refractivity contribution in [2.75, 3.05) is 72.7 Å². The Morgan fingerprint density at radius 1 is 0.190 bits per heavy atom. The zero-order chi connectivity index (χ0) is 101. The summed E-state index contributed by atoms with van der Waals surface area (Å²) in [5.41, 5.74) is 0. The predicted octanol–water partition coefficient (Wildman–Crippen LogP) is -24.3. The van der Waals surface area contributed by atoms with Crippen LogP contribution in [0.25, 0.3) is 0 Å². The Hall–Kier alpha value is -4.69. The fraction of sp³-hybridized carbons (Fsp3) is 0.934. The Labute approximate surface area is 775 Å². The molecule has 0 aliphatic carbocycles. The molecule has 0 aromatic rings. The molecule has 792 valence electrons. The van der Waals surface area contributed by atoms with E-state index in [2.05, 4.69) is 26.6 Å². The van der Waals surface area contributed by atoms with Crippen molar-refractivity contribution in [3.05, 3.63) is 0 Å². The SMILES string of the molecule is CC(=O)N[C@@H]1[C@@H](O)[C@H](O[C@@H]2O[C@H](CO)[C@@H](O[C@@H]3O[C@H](CO[C@H]4O[C@H](CO[C@@H]5O[C@H](CO)[C@@H](O)[C@H](O[C@@H]6O[C@H](CO)[C@H](O)[C@H](O)[C@H]6O)[C@H]5NC(C)=O)[C@@H](O)[C@H](O)[C@@H]4O[C@@H]4O[C@H](CO)[C@@H](O[C@@H]5O[C@H](CO)[C@H](O)[C@H](O)[C@H]5O)[C@H](O)[C@H]4NC(C)=O)[C@@H](O)[C@H](O[C@H]4O[C@H](CO)[C@@H](O)[C@H](O)[C@@H]4O[C@@H]4O[C@H](CO)[C@@H](O[C@@H]5O[C@H](CO)[C@H](O)[C@H](O)[C@H]5O)[C@H](O)[C@H]4NC(C)=O)[C@@H]3O)[C@H](O)[C@H]2NC(C)=O)[C@@H](CO)O[C@H]1O. The van der Waals surface area contributed by atoms with Crippen LogP contribution in [0.4, 0.5) is 0 Å². The van der Waals surface area contributed by atoms with Crippen molar-refractivity contribution >= 4 is 29.5 Å². The average Bonchev–Trinajstić information content (AvgIpc) is 0.760. The van der Waals surface area contributed by atoms with E-state index in [0.717, 1.165) is 34.6 Å². The van der Waals surface area contributed by atoms with E-state index in [9.17, 15) is 177 Å². The first kappa shape index (κ1) is 113. The van der Waals surface area contributed by atoms with E-state index in [1.807, 2.05) is 0 Å². The van der Waals surface area contributed by atoms with Crippen LogP contribution in [0.15, 0.2) is 0 Å². The Bertz CT molecular complexity index is 3780. The van der Waals surface area contributed by atoms with Crippen molar-refractivity contribution in [2.45, 2.75) is 372 Å². The highest BCUT2D eigenvalue weighted by Gasteiger charge is 2.63. The Morgan fingerprint density at radius 2 is 0.416 bits per heavy atom. The number of hydrogen-bond acceptors (Lipinski definition) is 56. The Kier molecular flexibility index (Phi) is 40.7. The van der Waals surface area contributed by atoms with Crippen molar-refractivity contribution in [1.82, 2.24) is 26.6 Å². The molecule has 11 aliphatic heterocycles. The van der Waals surface area contributed by atoms with Gasteiger partial charge in [-0.15, -0.1) is 0 Å². The number of amides is 5. The van der Waals surface area contributed by atoms with Crippen molar-refractivity contribution < 1.29 is 277 Å². The smallest absolute Gasteiger partial charge is 0.217 e. The van der Waals surface area contributed by atoms with E-state index < -0.39 is 440 Å². The van der Waals surface area contributed by atoms with Crippen LogP contribution in [0.3, 0.4) is 0 Å². The lowest BCUT2D eigenvalue weighted by molar-refractivity contribution is -0.399. The number of hydrogen-bond donors (Lipinski definition) is 35. The van der Waals surface area contributed by atoms with Gasteiger partial charge in [-0.25, -0.2) is 0 Å². The van der Waals surface area contributed by atoms with E-state index >= 15 is 0 Å². The van der Waals surface area contributed by atoms with E-state index in [1.165, 1.54) is 0 Å². The first-order valence-electron chi connectivity index (χ1n) is 43.6. The molecule has 5 amide bonds. The van der Waals surface area contributed by atoms with Crippen LogP contribution in [-0.2, 0) is 123 Å². The number of aliphatic hydroxyl groups is 30.